The van der Waals surface area contributed by atoms with Gasteiger partial charge >= 0.3 is 0 Å². The molecule has 2 nitrogen and oxygen atoms in total. The summed E-state index contributed by atoms with van der Waals surface area (Å²) in [4.78, 5) is 0. The highest BCUT2D eigenvalue weighted by molar-refractivity contribution is 5.48. The van der Waals surface area contributed by atoms with Gasteiger partial charge in [0.05, 0.1) is 0 Å². The first kappa shape index (κ1) is 12.8. The average molecular weight is 225 g/mol. The number of nitrogens with one attached hydrogen (secondary N) is 1. The lowest BCUT2D eigenvalue weighted by Gasteiger charge is -2.15. The maximum atomic E-state index is 11.9. The highest BCUT2D eigenvalue weighted by Crippen LogP contribution is 2.18. The summed E-state index contributed by atoms with van der Waals surface area (Å²) in [5.74, 6) is 0.714. The molecule has 1 aromatic rings. The molecule has 0 saturated heterocycles. The molecular formula is C13H20FNO. The van der Waals surface area contributed by atoms with Crippen LogP contribution in [0.25, 0.3) is 0 Å². The minimum atomic E-state index is -0.454. The Kier molecular flexibility index (Phi) is 5.68. The van der Waals surface area contributed by atoms with E-state index in [1.165, 1.54) is 0 Å². The fourth-order valence-electron chi connectivity index (χ4n) is 1.62. The Balaban J connectivity index is 2.52. The molecule has 1 atom stereocenters. The van der Waals surface area contributed by atoms with E-state index in [1.807, 2.05) is 24.3 Å². The van der Waals surface area contributed by atoms with Crippen LogP contribution in [0.3, 0.4) is 0 Å². The normalized spacial score (nSPS) is 12.2. The van der Waals surface area contributed by atoms with Gasteiger partial charge in [0.1, 0.15) is 19.0 Å². The van der Waals surface area contributed by atoms with Gasteiger partial charge in [-0.25, -0.2) is 4.39 Å². The van der Waals surface area contributed by atoms with E-state index in [-0.39, 0.29) is 6.61 Å². The van der Waals surface area contributed by atoms with Crippen LogP contribution < -0.4 is 10.1 Å². The van der Waals surface area contributed by atoms with E-state index in [2.05, 4.69) is 19.2 Å². The Morgan fingerprint density at radius 2 is 2.25 bits per heavy atom. The van der Waals surface area contributed by atoms with Gasteiger partial charge in [-0.2, -0.15) is 0 Å². The summed E-state index contributed by atoms with van der Waals surface area (Å²) in [6.07, 6.45) is 2.29. The molecule has 0 radical (unpaired) electrons. The van der Waals surface area contributed by atoms with Gasteiger partial charge in [-0.3, -0.25) is 0 Å². The van der Waals surface area contributed by atoms with Gasteiger partial charge in [0.15, 0.2) is 0 Å². The quantitative estimate of drug-likeness (QED) is 0.765. The van der Waals surface area contributed by atoms with Crippen LogP contribution in [0.5, 0.6) is 5.75 Å². The van der Waals surface area contributed by atoms with Crippen molar-refractivity contribution >= 4 is 5.69 Å². The summed E-state index contributed by atoms with van der Waals surface area (Å²) in [5, 5.41) is 3.39. The monoisotopic (exact) mass is 225 g/mol. The largest absolute Gasteiger partial charge is 0.491 e. The van der Waals surface area contributed by atoms with Crippen molar-refractivity contribution in [1.82, 2.24) is 0 Å². The molecule has 0 amide bonds. The topological polar surface area (TPSA) is 21.3 Å². The molecule has 0 fully saturated rings. The van der Waals surface area contributed by atoms with Crippen molar-refractivity contribution in [2.45, 2.75) is 32.7 Å². The molecule has 90 valence electrons. The van der Waals surface area contributed by atoms with Crippen LogP contribution in [0, 0.1) is 0 Å². The third-order valence-corrected chi connectivity index (χ3v) is 2.31. The second kappa shape index (κ2) is 7.09. The second-order valence-electron chi connectivity index (χ2n) is 3.90. The molecule has 1 rings (SSSR count). The zero-order valence-corrected chi connectivity index (χ0v) is 10.0. The molecule has 1 N–H and O–H groups in total. The molecule has 16 heavy (non-hydrogen) atoms. The van der Waals surface area contributed by atoms with Gasteiger partial charge < -0.3 is 10.1 Å². The molecule has 0 aliphatic carbocycles. The Hall–Kier alpha value is -1.25. The average Bonchev–Trinajstić information content (AvgIpc) is 2.27. The van der Waals surface area contributed by atoms with Gasteiger partial charge in [-0.05, 0) is 25.5 Å². The van der Waals surface area contributed by atoms with Crippen LogP contribution >= 0.6 is 0 Å². The molecule has 3 heteroatoms. The molecule has 1 unspecified atom stereocenters. The highest BCUT2D eigenvalue weighted by atomic mass is 19.1. The van der Waals surface area contributed by atoms with Crippen molar-refractivity contribution < 1.29 is 9.13 Å². The minimum absolute atomic E-state index is 0.119. The van der Waals surface area contributed by atoms with Crippen molar-refractivity contribution in [2.24, 2.45) is 0 Å². The van der Waals surface area contributed by atoms with E-state index in [0.717, 1.165) is 18.5 Å². The number of halogens is 1. The number of hydrogen-bond donors (Lipinski definition) is 1. The van der Waals surface area contributed by atoms with Gasteiger partial charge in [0, 0.05) is 17.8 Å². The number of anilines is 1. The smallest absolute Gasteiger partial charge is 0.123 e. The standard InChI is InChI=1S/C13H20FNO/c1-3-5-11(2)15-12-6-4-7-13(10-12)16-9-8-14/h4,6-7,10-11,15H,3,5,8-9H2,1-2H3. The Labute approximate surface area is 96.8 Å². The highest BCUT2D eigenvalue weighted by Gasteiger charge is 2.01. The Bertz CT molecular complexity index is 304. The molecule has 1 aromatic carbocycles. The molecule has 0 heterocycles. The SMILES string of the molecule is CCCC(C)Nc1cccc(OCCF)c1. The lowest BCUT2D eigenvalue weighted by molar-refractivity contribution is 0.273. The van der Waals surface area contributed by atoms with Crippen LogP contribution in [-0.4, -0.2) is 19.3 Å². The maximum Gasteiger partial charge on any atom is 0.123 e. The van der Waals surface area contributed by atoms with Gasteiger partial charge in [0.25, 0.3) is 0 Å². The van der Waals surface area contributed by atoms with Crippen LogP contribution in [0.15, 0.2) is 24.3 Å². The summed E-state index contributed by atoms with van der Waals surface area (Å²) in [6, 6.07) is 8.09. The Morgan fingerprint density at radius 1 is 1.44 bits per heavy atom. The van der Waals surface area contributed by atoms with Gasteiger partial charge in [-0.1, -0.05) is 19.4 Å². The van der Waals surface area contributed by atoms with Gasteiger partial charge in [-0.15, -0.1) is 0 Å². The zero-order chi connectivity index (χ0) is 11.8. The third-order valence-electron chi connectivity index (χ3n) is 2.31. The Morgan fingerprint density at radius 3 is 2.94 bits per heavy atom. The summed E-state index contributed by atoms with van der Waals surface area (Å²) in [5.41, 5.74) is 1.03. The fraction of sp³-hybridized carbons (Fsp3) is 0.538. The lowest BCUT2D eigenvalue weighted by atomic mass is 10.2. The van der Waals surface area contributed by atoms with Crippen LogP contribution in [0.2, 0.25) is 0 Å². The summed E-state index contributed by atoms with van der Waals surface area (Å²) < 4.78 is 17.2. The fourth-order valence-corrected chi connectivity index (χ4v) is 1.62. The van der Waals surface area contributed by atoms with Crippen LogP contribution in [0.4, 0.5) is 10.1 Å². The van der Waals surface area contributed by atoms with Crippen LogP contribution in [0.1, 0.15) is 26.7 Å². The first-order valence-corrected chi connectivity index (χ1v) is 5.81. The van der Waals surface area contributed by atoms with E-state index in [0.29, 0.717) is 11.8 Å². The number of benzene rings is 1. The first-order chi connectivity index (χ1) is 7.76. The molecule has 0 saturated carbocycles. The van der Waals surface area contributed by atoms with Crippen molar-refractivity contribution in [3.8, 4) is 5.75 Å². The molecule has 0 bridgehead atoms. The van der Waals surface area contributed by atoms with E-state index < -0.39 is 6.67 Å². The predicted octanol–water partition coefficient (Wildman–Crippen LogP) is 3.64. The molecule has 0 aliphatic rings. The summed E-state index contributed by atoms with van der Waals surface area (Å²) in [7, 11) is 0. The van der Waals surface area contributed by atoms with E-state index >= 15 is 0 Å². The summed E-state index contributed by atoms with van der Waals surface area (Å²) in [6.45, 7) is 3.98. The molecule has 0 spiro atoms. The molecular weight excluding hydrogens is 205 g/mol. The van der Waals surface area contributed by atoms with Crippen LogP contribution in [-0.2, 0) is 0 Å². The summed E-state index contributed by atoms with van der Waals surface area (Å²) >= 11 is 0. The van der Waals surface area contributed by atoms with Crippen molar-refractivity contribution in [3.05, 3.63) is 24.3 Å². The third kappa shape index (κ3) is 4.51. The zero-order valence-electron chi connectivity index (χ0n) is 10.0. The van der Waals surface area contributed by atoms with Crippen molar-refractivity contribution in [2.75, 3.05) is 18.6 Å². The molecule has 0 aliphatic heterocycles. The maximum absolute atomic E-state index is 11.9. The first-order valence-electron chi connectivity index (χ1n) is 5.81. The van der Waals surface area contributed by atoms with E-state index in [9.17, 15) is 4.39 Å². The lowest BCUT2D eigenvalue weighted by Crippen LogP contribution is -2.14. The minimum Gasteiger partial charge on any atom is -0.491 e. The number of alkyl halides is 1. The molecule has 0 aromatic heterocycles. The van der Waals surface area contributed by atoms with Crippen molar-refractivity contribution in [3.63, 3.8) is 0 Å². The van der Waals surface area contributed by atoms with E-state index in [1.54, 1.807) is 0 Å². The van der Waals surface area contributed by atoms with E-state index in [4.69, 9.17) is 4.74 Å². The van der Waals surface area contributed by atoms with Crippen molar-refractivity contribution in [1.29, 1.82) is 0 Å². The number of hydrogen-bond acceptors (Lipinski definition) is 2. The second-order valence-corrected chi connectivity index (χ2v) is 3.90. The van der Waals surface area contributed by atoms with Gasteiger partial charge in [0.2, 0.25) is 0 Å². The predicted molar refractivity (Wildman–Crippen MR) is 65.9 cm³/mol. The number of ether oxygens (including phenoxy) is 1. The number of rotatable bonds is 7.